The van der Waals surface area contributed by atoms with Gasteiger partial charge in [0.1, 0.15) is 62.2 Å². The largest absolute Gasteiger partial charge is 0.458 e. The van der Waals surface area contributed by atoms with Gasteiger partial charge in [-0.15, -0.1) is 0 Å². The normalized spacial score (nSPS) is 21.5. The quantitative estimate of drug-likeness (QED) is 0.0123. The first-order valence-corrected chi connectivity index (χ1v) is 29.5. The SMILES string of the molecule is CC[C@@]1(O)C(=O)OCc2c1cc1n(c2=O)Cc2c-1nc1cc(F)c(C)c3c1c2[C@@H](NC(=O)COCNC(=O)CNC(=O)[C@H](C)NC(=O)[C@@H](NC(=O)[C@H](CCC(=O)NC[C@H]1O[C@@H](CC(N)=O)[C@H](O)[C@@H]1O)NC(=O)CCCCCN1C(=O)C=CC1=O)C(C)C)CC3. The molecule has 29 nitrogen and oxygen atoms in total. The Kier molecular flexibility index (Phi) is 21.1. The molecule has 1 aliphatic carbocycles. The minimum atomic E-state index is -2.08. The molecule has 5 aliphatic rings. The molecule has 4 aliphatic heterocycles. The first kappa shape index (κ1) is 66.4. The molecular formula is C59H74FN11O18. The lowest BCUT2D eigenvalue weighted by Crippen LogP contribution is -2.58. The van der Waals surface area contributed by atoms with E-state index in [9.17, 15) is 72.9 Å². The summed E-state index contributed by atoms with van der Waals surface area (Å²) in [5.41, 5.74) is 6.09. The summed E-state index contributed by atoms with van der Waals surface area (Å²) in [6.07, 6.45) is -2.16. The molecular weight excluding hydrogens is 1170 g/mol. The zero-order valence-corrected chi connectivity index (χ0v) is 49.8. The number of carbonyl (C=O) groups is 11. The summed E-state index contributed by atoms with van der Waals surface area (Å²) in [6.45, 7) is 5.71. The van der Waals surface area contributed by atoms with Gasteiger partial charge in [0.05, 0.1) is 54.1 Å². The van der Waals surface area contributed by atoms with Gasteiger partial charge >= 0.3 is 5.97 Å². The van der Waals surface area contributed by atoms with Gasteiger partial charge in [-0.05, 0) is 81.0 Å². The Hall–Kier alpha value is -8.58. The van der Waals surface area contributed by atoms with Gasteiger partial charge in [0.2, 0.25) is 47.3 Å². The standard InChI is InChI=1S/C59H74FN11O18/c1-6-59(86)33-18-38-51-31(23-71(38)57(84)32(33)24-88-58(59)85)49-35(12-11-30-28(4)34(60)19-37(68-51)48(30)49)66-45(76)25-87-26-64-44(75)22-63-54(81)29(5)65-56(83)50(27(2)3)69-55(82)36(67-43(74)10-8-7-9-17-70-46(77)15-16-47(70)78)13-14-42(73)62-21-40-53(80)52(79)39(89-40)20-41(61)72/h15-16,18-19,27,29,35-36,39-40,50,52-53,79-80,86H,6-14,17,20-26H2,1-5H3,(H2,61,72)(H,62,73)(H,63,81)(H,64,75)(H,65,83)(H,66,76)(H,67,74)(H,69,82)/t29-,35-,36-,39-,40+,50-,52-,53+,59-/m0/s1. The maximum absolute atomic E-state index is 15.4. The fraction of sp³-hybridized carbons (Fsp3) is 0.542. The fourth-order valence-electron chi connectivity index (χ4n) is 11.6. The lowest BCUT2D eigenvalue weighted by Gasteiger charge is -2.31. The number of primary amides is 1. The minimum absolute atomic E-state index is 0.0243. The number of halogens is 1. The zero-order chi connectivity index (χ0) is 64.8. The second-order valence-corrected chi connectivity index (χ2v) is 23.0. The Bertz CT molecular complexity index is 3450. The number of rotatable bonds is 28. The molecule has 8 rings (SSSR count). The number of fused-ring (bicyclic) bond motifs is 5. The summed E-state index contributed by atoms with van der Waals surface area (Å²) in [6, 6.07) is -1.78. The van der Waals surface area contributed by atoms with E-state index < -0.39 is 156 Å². The number of hydrogen-bond donors (Lipinski definition) is 11. The van der Waals surface area contributed by atoms with E-state index >= 15 is 4.39 Å². The highest BCUT2D eigenvalue weighted by Crippen LogP contribution is 2.46. The first-order chi connectivity index (χ1) is 42.2. The highest BCUT2D eigenvalue weighted by molar-refractivity contribution is 6.12. The van der Waals surface area contributed by atoms with Crippen LogP contribution in [-0.4, -0.2) is 170 Å². The topological polar surface area (TPSA) is 425 Å². The molecule has 0 spiro atoms. The number of aliphatic hydroxyl groups is 3. The van der Waals surface area contributed by atoms with Crippen LogP contribution in [0.1, 0.15) is 125 Å². The van der Waals surface area contributed by atoms with Gasteiger partial charge < -0.3 is 77.0 Å². The van der Waals surface area contributed by atoms with Crippen molar-refractivity contribution >= 4 is 75.9 Å². The Morgan fingerprint density at radius 1 is 0.843 bits per heavy atom. The third kappa shape index (κ3) is 14.8. The number of pyridine rings is 2. The van der Waals surface area contributed by atoms with Crippen molar-refractivity contribution < 1.29 is 86.7 Å². The van der Waals surface area contributed by atoms with Crippen molar-refractivity contribution in [1.82, 2.24) is 51.7 Å². The summed E-state index contributed by atoms with van der Waals surface area (Å²) in [7, 11) is 0. The number of unbranched alkanes of at least 4 members (excludes halogenated alkanes) is 2. The molecule has 30 heteroatoms. The molecule has 0 saturated carbocycles. The highest BCUT2D eigenvalue weighted by Gasteiger charge is 2.47. The van der Waals surface area contributed by atoms with Crippen molar-refractivity contribution in [2.75, 3.05) is 33.0 Å². The number of ether oxygens (including phenoxy) is 3. The van der Waals surface area contributed by atoms with Crippen LogP contribution in [0.4, 0.5) is 4.39 Å². The third-order valence-corrected chi connectivity index (χ3v) is 16.6. The van der Waals surface area contributed by atoms with Crippen LogP contribution in [0.3, 0.4) is 0 Å². The summed E-state index contributed by atoms with van der Waals surface area (Å²) < 4.78 is 33.1. The second kappa shape index (κ2) is 28.3. The smallest absolute Gasteiger partial charge is 0.343 e. The maximum Gasteiger partial charge on any atom is 0.343 e. The molecule has 89 heavy (non-hydrogen) atoms. The molecule has 3 aromatic rings. The van der Waals surface area contributed by atoms with Crippen molar-refractivity contribution in [1.29, 1.82) is 0 Å². The Morgan fingerprint density at radius 2 is 1.56 bits per heavy atom. The molecule has 12 N–H and O–H groups in total. The number of nitrogens with one attached hydrogen (secondary N) is 7. The molecule has 0 radical (unpaired) electrons. The van der Waals surface area contributed by atoms with Gasteiger partial charge in [-0.3, -0.25) is 57.6 Å². The minimum Gasteiger partial charge on any atom is -0.458 e. The molecule has 2 aromatic heterocycles. The van der Waals surface area contributed by atoms with Gasteiger partial charge in [0, 0.05) is 60.7 Å². The number of carbonyl (C=O) groups excluding carboxylic acids is 11. The zero-order valence-electron chi connectivity index (χ0n) is 49.8. The van der Waals surface area contributed by atoms with Crippen molar-refractivity contribution in [2.45, 2.75) is 166 Å². The van der Waals surface area contributed by atoms with Gasteiger partial charge in [0.15, 0.2) is 5.60 Å². The van der Waals surface area contributed by atoms with E-state index in [1.807, 2.05) is 0 Å². The molecule has 1 fully saturated rings. The molecule has 0 bridgehead atoms. The lowest BCUT2D eigenvalue weighted by atomic mass is 9.81. The van der Waals surface area contributed by atoms with E-state index in [0.717, 1.165) is 17.1 Å². The molecule has 0 unspecified atom stereocenters. The van der Waals surface area contributed by atoms with Crippen molar-refractivity contribution in [2.24, 2.45) is 11.7 Å². The van der Waals surface area contributed by atoms with Crippen LogP contribution in [-0.2, 0) is 92.1 Å². The first-order valence-electron chi connectivity index (χ1n) is 29.5. The average Bonchev–Trinajstić information content (AvgIpc) is 1.65. The van der Waals surface area contributed by atoms with Gasteiger partial charge in [-0.2, -0.15) is 0 Å². The lowest BCUT2D eigenvalue weighted by molar-refractivity contribution is -0.172. The summed E-state index contributed by atoms with van der Waals surface area (Å²) in [5, 5.41) is 50.7. The predicted molar refractivity (Wildman–Crippen MR) is 308 cm³/mol. The second-order valence-electron chi connectivity index (χ2n) is 23.0. The van der Waals surface area contributed by atoms with Crippen LogP contribution in [0.5, 0.6) is 0 Å². The fourth-order valence-corrected chi connectivity index (χ4v) is 11.6. The van der Waals surface area contributed by atoms with Gasteiger partial charge in [-0.1, -0.05) is 27.2 Å². The monoisotopic (exact) mass is 1240 g/mol. The maximum atomic E-state index is 15.4. The Balaban J connectivity index is 0.812. The Labute approximate surface area is 508 Å². The number of amides is 10. The van der Waals surface area contributed by atoms with Crippen LogP contribution >= 0.6 is 0 Å². The van der Waals surface area contributed by atoms with Crippen molar-refractivity contribution in [3.8, 4) is 11.4 Å². The van der Waals surface area contributed by atoms with Crippen LogP contribution in [0.15, 0.2) is 29.1 Å². The molecule has 10 amide bonds. The molecule has 480 valence electrons. The van der Waals surface area contributed by atoms with Crippen LogP contribution < -0.4 is 48.5 Å². The number of aryl methyl sites for hydroxylation is 1. The van der Waals surface area contributed by atoms with E-state index in [0.29, 0.717) is 71.1 Å². The van der Waals surface area contributed by atoms with Gasteiger partial charge in [0.25, 0.3) is 17.4 Å². The van der Waals surface area contributed by atoms with Crippen molar-refractivity contribution in [3.05, 3.63) is 73.8 Å². The summed E-state index contributed by atoms with van der Waals surface area (Å²) in [4.78, 5) is 161. The third-order valence-electron chi connectivity index (χ3n) is 16.6. The van der Waals surface area contributed by atoms with Crippen LogP contribution in [0.25, 0.3) is 22.3 Å². The van der Waals surface area contributed by atoms with E-state index in [2.05, 4.69) is 37.2 Å². The molecule has 9 atom stereocenters. The number of nitrogens with two attached hydrogens (primary N) is 1. The summed E-state index contributed by atoms with van der Waals surface area (Å²) >= 11 is 0. The predicted octanol–water partition coefficient (Wildman–Crippen LogP) is -2.29. The highest BCUT2D eigenvalue weighted by atomic mass is 19.1. The van der Waals surface area contributed by atoms with Crippen molar-refractivity contribution in [3.63, 3.8) is 0 Å². The Morgan fingerprint density at radius 3 is 2.26 bits per heavy atom. The number of aromatic nitrogens is 2. The number of esters is 1. The van der Waals surface area contributed by atoms with E-state index in [4.69, 9.17) is 24.9 Å². The van der Waals surface area contributed by atoms with E-state index in [-0.39, 0.29) is 75.0 Å². The number of nitrogens with zero attached hydrogens (tertiary/aromatic N) is 3. The average molecular weight is 1240 g/mol. The van der Waals surface area contributed by atoms with E-state index in [1.165, 1.54) is 17.6 Å². The van der Waals surface area contributed by atoms with Crippen LogP contribution in [0, 0.1) is 18.7 Å². The number of imide groups is 1. The number of cyclic esters (lactones) is 1. The number of aliphatic hydroxyl groups excluding tert-OH is 2. The number of hydrogen-bond acceptors (Lipinski definition) is 19. The number of benzene rings is 1. The van der Waals surface area contributed by atoms with Crippen LogP contribution in [0.2, 0.25) is 0 Å². The molecule has 1 aromatic carbocycles. The van der Waals surface area contributed by atoms with Gasteiger partial charge in [-0.25, -0.2) is 14.2 Å². The molecule has 6 heterocycles. The molecule has 1 saturated heterocycles. The van der Waals surface area contributed by atoms with E-state index in [1.54, 1.807) is 33.8 Å². The summed E-state index contributed by atoms with van der Waals surface area (Å²) in [5.74, 6) is -8.68.